The number of hydroxylamine groups is 1. The van der Waals surface area contributed by atoms with Crippen LogP contribution in [-0.2, 0) is 15.2 Å². The first-order chi connectivity index (χ1) is 16.6. The maximum atomic E-state index is 14.2. The summed E-state index contributed by atoms with van der Waals surface area (Å²) in [4.78, 5) is 20.0. The van der Waals surface area contributed by atoms with E-state index in [0.717, 1.165) is 18.2 Å². The molecule has 0 spiro atoms. The maximum Gasteiger partial charge on any atom is 0.428 e. The predicted octanol–water partition coefficient (Wildman–Crippen LogP) is 5.05. The summed E-state index contributed by atoms with van der Waals surface area (Å²) in [6.45, 7) is -1.15. The van der Waals surface area contributed by atoms with Crippen molar-refractivity contribution in [2.45, 2.75) is 24.9 Å². The molecule has 6 nitrogen and oxygen atoms in total. The van der Waals surface area contributed by atoms with Crippen LogP contribution in [0.25, 0.3) is 5.70 Å². The third-order valence-electron chi connectivity index (χ3n) is 4.99. The highest BCUT2D eigenvalue weighted by Gasteiger charge is 2.59. The molecule has 1 amide bonds. The van der Waals surface area contributed by atoms with E-state index in [1.54, 1.807) is 0 Å². The van der Waals surface area contributed by atoms with E-state index in [4.69, 9.17) is 33.1 Å². The van der Waals surface area contributed by atoms with Gasteiger partial charge in [-0.1, -0.05) is 35.3 Å². The number of nitrogens with one attached hydrogen (secondary N) is 2. The summed E-state index contributed by atoms with van der Waals surface area (Å²) in [6, 6.07) is 7.32. The fourth-order valence-electron chi connectivity index (χ4n) is 3.38. The summed E-state index contributed by atoms with van der Waals surface area (Å²) in [7, 11) is 0. The number of benzene rings is 2. The third kappa shape index (κ3) is 6.12. The molecule has 2 aromatic carbocycles. The SMILES string of the molecule is Cc1cc(C2=CC(c3cc(Cl)cc(Cl)c3)(C(F)(F)F)ON2)ccc1C(=NCC(F)(F)F)NC(=O)CO. The zero-order chi connectivity index (χ0) is 26.9. The van der Waals surface area contributed by atoms with Crippen molar-refractivity contribution in [3.63, 3.8) is 0 Å². The molecule has 1 heterocycles. The lowest BCUT2D eigenvalue weighted by Gasteiger charge is -2.28. The minimum Gasteiger partial charge on any atom is -0.387 e. The Bertz CT molecular complexity index is 1210. The molecular formula is C22H17Cl2F6N3O3. The molecule has 3 rings (SSSR count). The van der Waals surface area contributed by atoms with Gasteiger partial charge >= 0.3 is 12.4 Å². The smallest absolute Gasteiger partial charge is 0.387 e. The van der Waals surface area contributed by atoms with Crippen LogP contribution in [0.5, 0.6) is 0 Å². The van der Waals surface area contributed by atoms with Gasteiger partial charge in [0.15, 0.2) is 0 Å². The van der Waals surface area contributed by atoms with Gasteiger partial charge in [-0.05, 0) is 48.4 Å². The number of aliphatic imine (C=N–C) groups is 1. The number of carbonyl (C=O) groups is 1. The molecule has 0 saturated heterocycles. The van der Waals surface area contributed by atoms with Gasteiger partial charge in [-0.3, -0.25) is 20.1 Å². The number of hydrogen-bond donors (Lipinski definition) is 3. The van der Waals surface area contributed by atoms with Crippen LogP contribution < -0.4 is 10.8 Å². The van der Waals surface area contributed by atoms with E-state index in [2.05, 4.69) is 15.8 Å². The Balaban J connectivity index is 2.04. The maximum absolute atomic E-state index is 14.2. The Morgan fingerprint density at radius 2 is 1.75 bits per heavy atom. The van der Waals surface area contributed by atoms with Gasteiger partial charge in [-0.2, -0.15) is 26.3 Å². The summed E-state index contributed by atoms with van der Waals surface area (Å²) < 4.78 is 80.5. The Morgan fingerprint density at radius 3 is 2.28 bits per heavy atom. The third-order valence-corrected chi connectivity index (χ3v) is 5.43. The average Bonchev–Trinajstić information content (AvgIpc) is 3.22. The van der Waals surface area contributed by atoms with Crippen molar-refractivity contribution in [2.24, 2.45) is 4.99 Å². The lowest BCUT2D eigenvalue weighted by Crippen LogP contribution is -2.42. The van der Waals surface area contributed by atoms with Crippen molar-refractivity contribution in [3.8, 4) is 0 Å². The summed E-state index contributed by atoms with van der Waals surface area (Å²) in [5, 5.41) is 10.9. The molecule has 1 aliphatic rings. The number of alkyl halides is 6. The highest BCUT2D eigenvalue weighted by molar-refractivity contribution is 6.34. The number of nitrogens with zero attached hydrogens (tertiary/aromatic N) is 1. The molecule has 194 valence electrons. The highest BCUT2D eigenvalue weighted by atomic mass is 35.5. The fraction of sp³-hybridized carbons (Fsp3) is 0.273. The Morgan fingerprint density at radius 1 is 1.11 bits per heavy atom. The molecule has 3 N–H and O–H groups in total. The zero-order valence-corrected chi connectivity index (χ0v) is 19.7. The first-order valence-electron chi connectivity index (χ1n) is 9.98. The number of aryl methyl sites for hydroxylation is 1. The molecule has 1 aliphatic heterocycles. The molecule has 14 heteroatoms. The van der Waals surface area contributed by atoms with Crippen molar-refractivity contribution < 1.29 is 41.1 Å². The summed E-state index contributed by atoms with van der Waals surface area (Å²) in [5.74, 6) is -1.46. The molecule has 0 fully saturated rings. The fourth-order valence-corrected chi connectivity index (χ4v) is 3.91. The number of hydrogen-bond acceptors (Lipinski definition) is 5. The number of amides is 1. The van der Waals surface area contributed by atoms with Crippen LogP contribution in [0.2, 0.25) is 10.0 Å². The molecule has 0 bridgehead atoms. The minimum absolute atomic E-state index is 0.0395. The molecule has 0 saturated carbocycles. The average molecular weight is 556 g/mol. The number of rotatable bonds is 5. The van der Waals surface area contributed by atoms with E-state index in [-0.39, 0.29) is 38.0 Å². The van der Waals surface area contributed by atoms with Crippen molar-refractivity contribution in [1.29, 1.82) is 0 Å². The molecule has 0 radical (unpaired) electrons. The van der Waals surface area contributed by atoms with Gasteiger partial charge in [0, 0.05) is 21.2 Å². The molecule has 0 aromatic heterocycles. The van der Waals surface area contributed by atoms with Crippen LogP contribution in [0, 0.1) is 6.92 Å². The van der Waals surface area contributed by atoms with Crippen LogP contribution in [-0.4, -0.2) is 42.4 Å². The van der Waals surface area contributed by atoms with Crippen LogP contribution in [0.4, 0.5) is 26.3 Å². The second-order valence-corrected chi connectivity index (χ2v) is 8.54. The van der Waals surface area contributed by atoms with E-state index in [1.807, 2.05) is 0 Å². The monoisotopic (exact) mass is 555 g/mol. The first-order valence-corrected chi connectivity index (χ1v) is 10.7. The Kier molecular flexibility index (Phi) is 7.94. The predicted molar refractivity (Wildman–Crippen MR) is 120 cm³/mol. The van der Waals surface area contributed by atoms with Crippen LogP contribution in [0.3, 0.4) is 0 Å². The van der Waals surface area contributed by atoms with Gasteiger partial charge in [-0.25, -0.2) is 0 Å². The van der Waals surface area contributed by atoms with Crippen molar-refractivity contribution in [1.82, 2.24) is 10.8 Å². The van der Waals surface area contributed by atoms with Crippen molar-refractivity contribution in [2.75, 3.05) is 13.2 Å². The van der Waals surface area contributed by atoms with E-state index < -0.39 is 42.8 Å². The van der Waals surface area contributed by atoms with Crippen LogP contribution in [0.1, 0.15) is 22.3 Å². The largest absolute Gasteiger partial charge is 0.428 e. The molecule has 2 aromatic rings. The first kappa shape index (κ1) is 27.8. The van der Waals surface area contributed by atoms with E-state index in [9.17, 15) is 31.1 Å². The van der Waals surface area contributed by atoms with E-state index in [0.29, 0.717) is 0 Å². The van der Waals surface area contributed by atoms with Crippen molar-refractivity contribution >= 4 is 40.6 Å². The molecule has 1 unspecified atom stereocenters. The lowest BCUT2D eigenvalue weighted by atomic mass is 9.91. The summed E-state index contributed by atoms with van der Waals surface area (Å²) >= 11 is 11.8. The molecule has 1 atom stereocenters. The van der Waals surface area contributed by atoms with Gasteiger partial charge in [0.2, 0.25) is 5.60 Å². The van der Waals surface area contributed by atoms with Gasteiger partial charge in [0.1, 0.15) is 19.0 Å². The van der Waals surface area contributed by atoms with Crippen LogP contribution in [0.15, 0.2) is 47.5 Å². The second-order valence-electron chi connectivity index (χ2n) is 7.67. The van der Waals surface area contributed by atoms with Gasteiger partial charge in [-0.15, -0.1) is 0 Å². The summed E-state index contributed by atoms with van der Waals surface area (Å²) in [6.07, 6.45) is -8.81. The standard InChI is InChI=1S/C22H17Cl2F6N3O3/c1-11-4-12(2-3-16(11)19(32-18(35)9-34)31-10-21(25,26)27)17-8-20(36-33-17,22(28,29)30)13-5-14(23)7-15(24)6-13/h2-8,33-34H,9-10H2,1H3,(H,31,32,35). The van der Waals surface area contributed by atoms with E-state index >= 15 is 0 Å². The quantitative estimate of drug-likeness (QED) is 0.274. The number of aliphatic hydroxyl groups is 1. The number of halogens is 8. The minimum atomic E-state index is -4.93. The van der Waals surface area contributed by atoms with Crippen molar-refractivity contribution in [3.05, 3.63) is 74.8 Å². The Labute approximate surface area is 210 Å². The normalized spacial score (nSPS) is 18.6. The lowest BCUT2D eigenvalue weighted by molar-refractivity contribution is -0.269. The molecular weight excluding hydrogens is 539 g/mol. The van der Waals surface area contributed by atoms with E-state index in [1.165, 1.54) is 31.2 Å². The molecule has 36 heavy (non-hydrogen) atoms. The Hall–Kier alpha value is -2.80. The zero-order valence-electron chi connectivity index (χ0n) is 18.2. The topological polar surface area (TPSA) is 83.0 Å². The number of amidine groups is 1. The highest BCUT2D eigenvalue weighted by Crippen LogP contribution is 2.48. The van der Waals surface area contributed by atoms with Crippen LogP contribution >= 0.6 is 23.2 Å². The van der Waals surface area contributed by atoms with Gasteiger partial charge in [0.25, 0.3) is 5.91 Å². The summed E-state index contributed by atoms with van der Waals surface area (Å²) in [5.41, 5.74) is -0.634. The van der Waals surface area contributed by atoms with Gasteiger partial charge < -0.3 is 10.4 Å². The number of aliphatic hydroxyl groups excluding tert-OH is 1. The number of carbonyl (C=O) groups excluding carboxylic acids is 1. The van der Waals surface area contributed by atoms with Gasteiger partial charge in [0.05, 0.1) is 5.70 Å². The second kappa shape index (κ2) is 10.3. The molecule has 0 aliphatic carbocycles.